The number of carbonyl (C=O) groups excluding carboxylic acids is 1. The Kier molecular flexibility index (Phi) is 6.43. The monoisotopic (exact) mass is 287 g/mol. The van der Waals surface area contributed by atoms with Crippen molar-refractivity contribution in [2.45, 2.75) is 25.5 Å². The minimum absolute atomic E-state index is 0.136. The summed E-state index contributed by atoms with van der Waals surface area (Å²) in [4.78, 5) is 14.2. The van der Waals surface area contributed by atoms with Crippen molar-refractivity contribution in [3.8, 4) is 0 Å². The first-order valence-electron chi connectivity index (χ1n) is 7.19. The van der Waals surface area contributed by atoms with Crippen LogP contribution >= 0.6 is 11.8 Å². The van der Waals surface area contributed by atoms with E-state index in [1.807, 2.05) is 11.8 Å². The van der Waals surface area contributed by atoms with Gasteiger partial charge in [-0.15, -0.1) is 0 Å². The first kappa shape index (κ1) is 15.1. The molecule has 0 radical (unpaired) electrons. The molecule has 19 heavy (non-hydrogen) atoms. The minimum Gasteiger partial charge on any atom is -0.374 e. The van der Waals surface area contributed by atoms with Crippen molar-refractivity contribution in [2.24, 2.45) is 0 Å². The predicted octanol–water partition coefficient (Wildman–Crippen LogP) is -0.0816. The van der Waals surface area contributed by atoms with Gasteiger partial charge in [0.25, 0.3) is 0 Å². The zero-order valence-corrected chi connectivity index (χ0v) is 12.5. The number of ether oxygens (including phenoxy) is 1. The van der Waals surface area contributed by atoms with Crippen LogP contribution in [0.4, 0.5) is 0 Å². The fraction of sp³-hybridized carbons (Fsp3) is 0.923. The number of hydrogen-bond acceptors (Lipinski definition) is 5. The summed E-state index contributed by atoms with van der Waals surface area (Å²) in [5.74, 6) is 2.33. The minimum atomic E-state index is 0.136. The Hall–Kier alpha value is -0.300. The van der Waals surface area contributed by atoms with Gasteiger partial charge in [0.05, 0.1) is 12.7 Å². The Morgan fingerprint density at radius 3 is 3.21 bits per heavy atom. The fourth-order valence-electron chi connectivity index (χ4n) is 2.47. The summed E-state index contributed by atoms with van der Waals surface area (Å²) in [7, 11) is 0. The first-order valence-corrected chi connectivity index (χ1v) is 8.35. The van der Waals surface area contributed by atoms with Crippen LogP contribution in [0, 0.1) is 0 Å². The second-order valence-corrected chi connectivity index (χ2v) is 6.27. The molecule has 2 saturated heterocycles. The second-order valence-electron chi connectivity index (χ2n) is 5.12. The van der Waals surface area contributed by atoms with Gasteiger partial charge in [-0.05, 0) is 6.54 Å². The lowest BCUT2D eigenvalue weighted by atomic mass is 10.2. The molecule has 2 aliphatic rings. The molecular weight excluding hydrogens is 262 g/mol. The third-order valence-corrected chi connectivity index (χ3v) is 4.76. The maximum atomic E-state index is 11.9. The lowest BCUT2D eigenvalue weighted by Gasteiger charge is -2.32. The number of morpholine rings is 1. The Labute approximate surface area is 119 Å². The second kappa shape index (κ2) is 8.09. The van der Waals surface area contributed by atoms with Gasteiger partial charge < -0.3 is 15.4 Å². The molecule has 2 fully saturated rings. The lowest BCUT2D eigenvalue weighted by Crippen LogP contribution is -2.48. The van der Waals surface area contributed by atoms with E-state index < -0.39 is 0 Å². The molecule has 2 unspecified atom stereocenters. The van der Waals surface area contributed by atoms with E-state index in [0.29, 0.717) is 19.0 Å². The molecule has 2 N–H and O–H groups in total. The van der Waals surface area contributed by atoms with Gasteiger partial charge in [0.1, 0.15) is 0 Å². The van der Waals surface area contributed by atoms with Crippen molar-refractivity contribution in [3.05, 3.63) is 0 Å². The molecule has 1 amide bonds. The zero-order chi connectivity index (χ0) is 13.5. The molecule has 0 aromatic heterocycles. The zero-order valence-electron chi connectivity index (χ0n) is 11.7. The van der Waals surface area contributed by atoms with Gasteiger partial charge in [-0.2, -0.15) is 11.8 Å². The van der Waals surface area contributed by atoms with Gasteiger partial charge in [0, 0.05) is 50.1 Å². The summed E-state index contributed by atoms with van der Waals surface area (Å²) in [5, 5.41) is 6.39. The molecule has 2 rings (SSSR count). The van der Waals surface area contributed by atoms with Crippen LogP contribution in [0.5, 0.6) is 0 Å². The number of thioether (sulfide) groups is 1. The van der Waals surface area contributed by atoms with Crippen molar-refractivity contribution in [3.63, 3.8) is 0 Å². The van der Waals surface area contributed by atoms with Crippen molar-refractivity contribution < 1.29 is 9.53 Å². The van der Waals surface area contributed by atoms with E-state index in [2.05, 4.69) is 22.5 Å². The van der Waals surface area contributed by atoms with Crippen molar-refractivity contribution >= 4 is 17.7 Å². The highest BCUT2D eigenvalue weighted by Crippen LogP contribution is 2.10. The smallest absolute Gasteiger partial charge is 0.221 e. The van der Waals surface area contributed by atoms with E-state index in [1.165, 1.54) is 0 Å². The number of nitrogens with zero attached hydrogens (tertiary/aromatic N) is 1. The Morgan fingerprint density at radius 1 is 1.58 bits per heavy atom. The van der Waals surface area contributed by atoms with Gasteiger partial charge in [-0.25, -0.2) is 0 Å². The van der Waals surface area contributed by atoms with Crippen LogP contribution in [0.25, 0.3) is 0 Å². The molecule has 0 bridgehead atoms. The molecule has 6 heteroatoms. The molecule has 0 saturated carbocycles. The van der Waals surface area contributed by atoms with E-state index in [4.69, 9.17) is 4.74 Å². The Balaban J connectivity index is 1.62. The third kappa shape index (κ3) is 5.30. The molecule has 2 atom stereocenters. The summed E-state index contributed by atoms with van der Waals surface area (Å²) >= 11 is 1.92. The number of amides is 1. The standard InChI is InChI=1S/C13H25N3O2S/c1-2-16-4-5-18-12(9-16)8-15-13(17)7-11-10-19-6-3-14-11/h11-12,14H,2-10H2,1H3,(H,15,17). The molecule has 5 nitrogen and oxygen atoms in total. The van der Waals surface area contributed by atoms with Crippen LogP contribution in [0.1, 0.15) is 13.3 Å². The van der Waals surface area contributed by atoms with Crippen molar-refractivity contribution in [1.29, 1.82) is 0 Å². The van der Waals surface area contributed by atoms with Gasteiger partial charge in [-0.3, -0.25) is 9.69 Å². The number of nitrogens with one attached hydrogen (secondary N) is 2. The van der Waals surface area contributed by atoms with Crippen LogP contribution in [0.2, 0.25) is 0 Å². The highest BCUT2D eigenvalue weighted by atomic mass is 32.2. The predicted molar refractivity (Wildman–Crippen MR) is 78.6 cm³/mol. The number of hydrogen-bond donors (Lipinski definition) is 2. The number of rotatable bonds is 5. The SMILES string of the molecule is CCN1CCOC(CNC(=O)CC2CSCCN2)C1. The summed E-state index contributed by atoms with van der Waals surface area (Å²) in [5.41, 5.74) is 0. The maximum Gasteiger partial charge on any atom is 0.221 e. The van der Waals surface area contributed by atoms with Crippen molar-refractivity contribution in [1.82, 2.24) is 15.5 Å². The van der Waals surface area contributed by atoms with E-state index >= 15 is 0 Å². The van der Waals surface area contributed by atoms with Crippen LogP contribution < -0.4 is 10.6 Å². The molecule has 110 valence electrons. The van der Waals surface area contributed by atoms with Gasteiger partial charge in [0.15, 0.2) is 0 Å². The molecule has 2 heterocycles. The highest BCUT2D eigenvalue weighted by molar-refractivity contribution is 7.99. The number of carbonyl (C=O) groups is 1. The quantitative estimate of drug-likeness (QED) is 0.741. The largest absolute Gasteiger partial charge is 0.374 e. The molecule has 0 aromatic rings. The normalized spacial score (nSPS) is 29.1. The fourth-order valence-corrected chi connectivity index (χ4v) is 3.41. The lowest BCUT2D eigenvalue weighted by molar-refractivity contribution is -0.122. The molecule has 2 aliphatic heterocycles. The summed E-state index contributed by atoms with van der Waals surface area (Å²) < 4.78 is 5.67. The van der Waals surface area contributed by atoms with Crippen LogP contribution in [-0.4, -0.2) is 73.8 Å². The molecule has 0 aromatic carbocycles. The number of likely N-dealkylation sites (N-methyl/N-ethyl adjacent to an activating group) is 1. The summed E-state index contributed by atoms with van der Waals surface area (Å²) in [6.07, 6.45) is 0.725. The average Bonchev–Trinajstić information content (AvgIpc) is 2.46. The van der Waals surface area contributed by atoms with E-state index in [1.54, 1.807) is 0 Å². The van der Waals surface area contributed by atoms with Gasteiger partial charge >= 0.3 is 0 Å². The molecule has 0 spiro atoms. The Bertz CT molecular complexity index is 285. The highest BCUT2D eigenvalue weighted by Gasteiger charge is 2.21. The summed E-state index contributed by atoms with van der Waals surface area (Å²) in [6, 6.07) is 0.332. The maximum absolute atomic E-state index is 11.9. The van der Waals surface area contributed by atoms with Gasteiger partial charge in [0.2, 0.25) is 5.91 Å². The van der Waals surface area contributed by atoms with Crippen LogP contribution in [0.3, 0.4) is 0 Å². The molecular formula is C13H25N3O2S. The third-order valence-electron chi connectivity index (χ3n) is 3.63. The van der Waals surface area contributed by atoms with E-state index in [-0.39, 0.29) is 12.0 Å². The topological polar surface area (TPSA) is 53.6 Å². The van der Waals surface area contributed by atoms with Gasteiger partial charge in [-0.1, -0.05) is 6.92 Å². The molecule has 0 aliphatic carbocycles. The van der Waals surface area contributed by atoms with Crippen molar-refractivity contribution in [2.75, 3.05) is 50.8 Å². The average molecular weight is 287 g/mol. The van der Waals surface area contributed by atoms with Crippen LogP contribution in [0.15, 0.2) is 0 Å². The van der Waals surface area contributed by atoms with E-state index in [0.717, 1.165) is 44.3 Å². The first-order chi connectivity index (χ1) is 9.28. The van der Waals surface area contributed by atoms with E-state index in [9.17, 15) is 4.79 Å². The Morgan fingerprint density at radius 2 is 2.47 bits per heavy atom. The summed E-state index contributed by atoms with van der Waals surface area (Å²) in [6.45, 7) is 7.56. The van der Waals surface area contributed by atoms with Crippen LogP contribution in [-0.2, 0) is 9.53 Å².